The van der Waals surface area contributed by atoms with Crippen molar-refractivity contribution in [3.05, 3.63) is 23.8 Å². The summed E-state index contributed by atoms with van der Waals surface area (Å²) in [6, 6.07) is 5.72. The van der Waals surface area contributed by atoms with E-state index in [1.54, 1.807) is 19.2 Å². The number of rotatable bonds is 2. The lowest BCUT2D eigenvalue weighted by Gasteiger charge is -2.35. The number of nitrogens with two attached hydrogens (primary N) is 1. The second-order valence-electron chi connectivity index (χ2n) is 4.75. The van der Waals surface area contributed by atoms with Crippen molar-refractivity contribution in [2.75, 3.05) is 27.2 Å². The average Bonchev–Trinajstić information content (AvgIpc) is 2.32. The lowest BCUT2D eigenvalue weighted by molar-refractivity contribution is 0.228. The molecule has 4 heteroatoms. The molecule has 0 aliphatic carbocycles. The van der Waals surface area contributed by atoms with Crippen LogP contribution < -0.4 is 10.5 Å². The standard InChI is InChI=1S/C13H20N2O2/c1-15-6-5-11(14)10(8-15)9-3-4-13(17-2)12(16)7-9/h3-4,7,10-11,16H,5-6,8,14H2,1-2H3. The van der Waals surface area contributed by atoms with Gasteiger partial charge in [-0.1, -0.05) is 6.07 Å². The first-order valence-electron chi connectivity index (χ1n) is 5.93. The van der Waals surface area contributed by atoms with Gasteiger partial charge in [0.15, 0.2) is 11.5 Å². The van der Waals surface area contributed by atoms with Crippen LogP contribution in [0.4, 0.5) is 0 Å². The molecule has 1 aromatic rings. The van der Waals surface area contributed by atoms with Crippen molar-refractivity contribution in [3.8, 4) is 11.5 Å². The maximum atomic E-state index is 9.79. The summed E-state index contributed by atoms with van der Waals surface area (Å²) in [6.45, 7) is 1.98. The van der Waals surface area contributed by atoms with Crippen molar-refractivity contribution in [3.63, 3.8) is 0 Å². The van der Waals surface area contributed by atoms with Gasteiger partial charge in [0.25, 0.3) is 0 Å². The van der Waals surface area contributed by atoms with Crippen LogP contribution in [0.5, 0.6) is 11.5 Å². The van der Waals surface area contributed by atoms with Gasteiger partial charge in [-0.25, -0.2) is 0 Å². The van der Waals surface area contributed by atoms with Gasteiger partial charge in [-0.15, -0.1) is 0 Å². The molecule has 0 bridgehead atoms. The Kier molecular flexibility index (Phi) is 3.54. The van der Waals surface area contributed by atoms with Crippen LogP contribution in [0.2, 0.25) is 0 Å². The summed E-state index contributed by atoms with van der Waals surface area (Å²) in [5.74, 6) is 0.975. The number of phenolic OH excluding ortho intramolecular Hbond substituents is 1. The number of methoxy groups -OCH3 is 1. The van der Waals surface area contributed by atoms with Crippen LogP contribution in [0.15, 0.2) is 18.2 Å². The number of likely N-dealkylation sites (tertiary alicyclic amines) is 1. The summed E-state index contributed by atoms with van der Waals surface area (Å²) in [6.07, 6.45) is 0.994. The molecule has 3 N–H and O–H groups in total. The minimum Gasteiger partial charge on any atom is -0.504 e. The smallest absolute Gasteiger partial charge is 0.160 e. The number of piperidine rings is 1. The fraction of sp³-hybridized carbons (Fsp3) is 0.538. The molecule has 1 saturated heterocycles. The van der Waals surface area contributed by atoms with E-state index in [4.69, 9.17) is 10.5 Å². The van der Waals surface area contributed by atoms with Gasteiger partial charge in [-0.3, -0.25) is 0 Å². The Morgan fingerprint density at radius 2 is 2.24 bits per heavy atom. The molecule has 17 heavy (non-hydrogen) atoms. The minimum atomic E-state index is 0.166. The molecule has 2 atom stereocenters. The van der Waals surface area contributed by atoms with Crippen LogP contribution in [0.1, 0.15) is 17.9 Å². The first kappa shape index (κ1) is 12.2. The van der Waals surface area contributed by atoms with E-state index in [-0.39, 0.29) is 17.7 Å². The van der Waals surface area contributed by atoms with E-state index in [1.807, 2.05) is 6.07 Å². The average molecular weight is 236 g/mol. The van der Waals surface area contributed by atoms with E-state index in [1.165, 1.54) is 0 Å². The zero-order valence-corrected chi connectivity index (χ0v) is 10.4. The summed E-state index contributed by atoms with van der Waals surface area (Å²) in [5, 5.41) is 9.79. The first-order chi connectivity index (χ1) is 8.11. The number of benzene rings is 1. The summed E-state index contributed by atoms with van der Waals surface area (Å²) < 4.78 is 5.04. The van der Waals surface area contributed by atoms with Crippen LogP contribution >= 0.6 is 0 Å². The highest BCUT2D eigenvalue weighted by atomic mass is 16.5. The topological polar surface area (TPSA) is 58.7 Å². The SMILES string of the molecule is COc1ccc(C2CN(C)CCC2N)cc1O. The lowest BCUT2D eigenvalue weighted by atomic mass is 9.86. The van der Waals surface area contributed by atoms with Gasteiger partial charge in [0, 0.05) is 18.5 Å². The van der Waals surface area contributed by atoms with Crippen LogP contribution in [0, 0.1) is 0 Å². The lowest BCUT2D eigenvalue weighted by Crippen LogP contribution is -2.43. The third-order valence-corrected chi connectivity index (χ3v) is 3.50. The van der Waals surface area contributed by atoms with E-state index < -0.39 is 0 Å². The highest BCUT2D eigenvalue weighted by Gasteiger charge is 2.26. The van der Waals surface area contributed by atoms with Crippen LogP contribution in [0.3, 0.4) is 0 Å². The monoisotopic (exact) mass is 236 g/mol. The van der Waals surface area contributed by atoms with E-state index >= 15 is 0 Å². The fourth-order valence-electron chi connectivity index (χ4n) is 2.42. The van der Waals surface area contributed by atoms with Gasteiger partial charge in [0.05, 0.1) is 7.11 Å². The summed E-state index contributed by atoms with van der Waals surface area (Å²) >= 11 is 0. The van der Waals surface area contributed by atoms with Crippen LogP contribution in [-0.4, -0.2) is 43.3 Å². The fourth-order valence-corrected chi connectivity index (χ4v) is 2.42. The summed E-state index contributed by atoms with van der Waals surface area (Å²) in [7, 11) is 3.65. The molecule has 0 saturated carbocycles. The quantitative estimate of drug-likeness (QED) is 0.808. The van der Waals surface area contributed by atoms with Gasteiger partial charge in [-0.05, 0) is 37.7 Å². The molecule has 1 fully saturated rings. The maximum Gasteiger partial charge on any atom is 0.160 e. The molecular formula is C13H20N2O2. The normalized spacial score (nSPS) is 25.8. The van der Waals surface area contributed by atoms with E-state index in [0.29, 0.717) is 5.75 Å². The van der Waals surface area contributed by atoms with Gasteiger partial charge in [-0.2, -0.15) is 0 Å². The minimum absolute atomic E-state index is 0.166. The van der Waals surface area contributed by atoms with Crippen molar-refractivity contribution in [1.82, 2.24) is 4.90 Å². The molecule has 1 aromatic carbocycles. The largest absolute Gasteiger partial charge is 0.504 e. The number of likely N-dealkylation sites (N-methyl/N-ethyl adjacent to an activating group) is 1. The predicted octanol–water partition coefficient (Wildman–Crippen LogP) is 1.15. The number of aromatic hydroxyl groups is 1. The number of hydrogen-bond donors (Lipinski definition) is 2. The van der Waals surface area contributed by atoms with Gasteiger partial charge >= 0.3 is 0 Å². The molecule has 0 spiro atoms. The number of ether oxygens (including phenoxy) is 1. The predicted molar refractivity (Wildman–Crippen MR) is 67.5 cm³/mol. The van der Waals surface area contributed by atoms with Gasteiger partial charge in [0.2, 0.25) is 0 Å². The highest BCUT2D eigenvalue weighted by molar-refractivity contribution is 5.43. The van der Waals surface area contributed by atoms with Crippen molar-refractivity contribution < 1.29 is 9.84 Å². The van der Waals surface area contributed by atoms with Crippen molar-refractivity contribution in [2.45, 2.75) is 18.4 Å². The zero-order chi connectivity index (χ0) is 12.4. The van der Waals surface area contributed by atoms with Gasteiger partial charge < -0.3 is 20.5 Å². The van der Waals surface area contributed by atoms with Crippen LogP contribution in [-0.2, 0) is 0 Å². The highest BCUT2D eigenvalue weighted by Crippen LogP contribution is 2.32. The molecular weight excluding hydrogens is 216 g/mol. The molecule has 94 valence electrons. The van der Waals surface area contributed by atoms with Crippen molar-refractivity contribution >= 4 is 0 Å². The molecule has 0 amide bonds. The summed E-state index contributed by atoms with van der Waals surface area (Å²) in [4.78, 5) is 2.27. The van der Waals surface area contributed by atoms with E-state index in [9.17, 15) is 5.11 Å². The molecule has 4 nitrogen and oxygen atoms in total. The second kappa shape index (κ2) is 4.94. The first-order valence-corrected chi connectivity index (χ1v) is 5.93. The Hall–Kier alpha value is -1.26. The Bertz CT molecular complexity index is 395. The molecule has 1 aliphatic heterocycles. The number of nitrogens with zero attached hydrogens (tertiary/aromatic N) is 1. The van der Waals surface area contributed by atoms with E-state index in [2.05, 4.69) is 11.9 Å². The second-order valence-corrected chi connectivity index (χ2v) is 4.75. The molecule has 2 rings (SSSR count). The Morgan fingerprint density at radius 1 is 1.47 bits per heavy atom. The molecule has 0 radical (unpaired) electrons. The molecule has 0 aromatic heterocycles. The van der Waals surface area contributed by atoms with Gasteiger partial charge in [0.1, 0.15) is 0 Å². The summed E-state index contributed by atoms with van der Waals surface area (Å²) in [5.41, 5.74) is 7.24. The maximum absolute atomic E-state index is 9.79. The molecule has 1 heterocycles. The molecule has 1 aliphatic rings. The number of hydrogen-bond acceptors (Lipinski definition) is 4. The third kappa shape index (κ3) is 2.53. The van der Waals surface area contributed by atoms with Crippen LogP contribution in [0.25, 0.3) is 0 Å². The number of phenols is 1. The third-order valence-electron chi connectivity index (χ3n) is 3.50. The van der Waals surface area contributed by atoms with E-state index in [0.717, 1.165) is 25.1 Å². The Labute approximate surface area is 102 Å². The zero-order valence-electron chi connectivity index (χ0n) is 10.4. The van der Waals surface area contributed by atoms with Crippen molar-refractivity contribution in [2.24, 2.45) is 5.73 Å². The van der Waals surface area contributed by atoms with Crippen molar-refractivity contribution in [1.29, 1.82) is 0 Å². The Balaban J connectivity index is 2.23. The Morgan fingerprint density at radius 3 is 2.88 bits per heavy atom. The molecule has 2 unspecified atom stereocenters.